The fraction of sp³-hybridized carbons (Fsp3) is 0.517. The lowest BCUT2D eigenvalue weighted by atomic mass is 9.96. The molecule has 2 fully saturated rings. The Morgan fingerprint density at radius 1 is 0.857 bits per heavy atom. The molecule has 230 valence electrons. The van der Waals surface area contributed by atoms with E-state index in [0.29, 0.717) is 32.2 Å². The zero-order chi connectivity index (χ0) is 30.9. The van der Waals surface area contributed by atoms with Crippen molar-refractivity contribution < 1.29 is 28.9 Å². The van der Waals surface area contributed by atoms with Gasteiger partial charge < -0.3 is 19.7 Å². The number of piperidine rings is 2. The van der Waals surface area contributed by atoms with E-state index in [2.05, 4.69) is 10.2 Å². The summed E-state index contributed by atoms with van der Waals surface area (Å²) in [5.74, 6) is 0.253. The molecule has 12 nitrogen and oxygen atoms in total. The van der Waals surface area contributed by atoms with Gasteiger partial charge in [-0.2, -0.15) is 0 Å². The first-order valence-electron chi connectivity index (χ1n) is 14.0. The van der Waals surface area contributed by atoms with Gasteiger partial charge in [0.1, 0.15) is 0 Å². The summed E-state index contributed by atoms with van der Waals surface area (Å²) in [6, 6.07) is 12.9. The zero-order valence-electron chi connectivity index (χ0n) is 24.0. The summed E-state index contributed by atoms with van der Waals surface area (Å²) in [5, 5.41) is 24.2. The van der Waals surface area contributed by atoms with E-state index in [1.807, 2.05) is 13.0 Å². The number of nitro benzene ring substituents is 2. The molecule has 42 heavy (non-hydrogen) atoms. The van der Waals surface area contributed by atoms with Gasteiger partial charge in [0.15, 0.2) is 0 Å². The number of hydrogen-bond acceptors (Lipinski definition) is 10. The summed E-state index contributed by atoms with van der Waals surface area (Å²) in [7, 11) is 0. The second-order valence-electron chi connectivity index (χ2n) is 9.63. The molecule has 0 radical (unpaired) electrons. The Labute approximate surface area is 250 Å². The van der Waals surface area contributed by atoms with Crippen molar-refractivity contribution in [3.05, 3.63) is 74.3 Å². The van der Waals surface area contributed by atoms with Gasteiger partial charge in [-0.3, -0.25) is 29.8 Å². The number of nitrogens with one attached hydrogen (secondary N) is 1. The molecule has 0 aliphatic carbocycles. The van der Waals surface area contributed by atoms with E-state index in [0.717, 1.165) is 50.0 Å². The second-order valence-corrected chi connectivity index (χ2v) is 9.89. The molecule has 0 amide bonds. The van der Waals surface area contributed by atoms with Gasteiger partial charge in [-0.05, 0) is 64.3 Å². The third-order valence-corrected chi connectivity index (χ3v) is 7.06. The SMILES string of the molecule is CCOC(=O)C1CCN(c2cccc([N+](=O)[O-])c2)CC1.CCOC(=O)C1CCNCC1.O=[N+]([O-])c1cccc(CCl)c1. The first-order chi connectivity index (χ1) is 20.2. The molecule has 2 aromatic rings. The van der Waals surface area contributed by atoms with Crippen LogP contribution in [0.4, 0.5) is 17.1 Å². The number of nitrogens with zero attached hydrogens (tertiary/aromatic N) is 3. The van der Waals surface area contributed by atoms with Gasteiger partial charge in [0, 0.05) is 48.9 Å². The first-order valence-corrected chi connectivity index (χ1v) is 14.6. The van der Waals surface area contributed by atoms with Gasteiger partial charge in [-0.25, -0.2) is 0 Å². The van der Waals surface area contributed by atoms with E-state index < -0.39 is 9.85 Å². The third-order valence-electron chi connectivity index (χ3n) is 6.76. The minimum Gasteiger partial charge on any atom is -0.466 e. The Morgan fingerprint density at radius 3 is 1.86 bits per heavy atom. The number of esters is 2. The Bertz CT molecular complexity index is 1170. The quantitative estimate of drug-likeness (QED) is 0.182. The molecule has 2 aliphatic heterocycles. The summed E-state index contributed by atoms with van der Waals surface area (Å²) in [6.45, 7) is 7.88. The molecule has 4 rings (SSSR count). The number of non-ortho nitro benzene ring substituents is 2. The van der Waals surface area contributed by atoms with Crippen molar-refractivity contribution in [3.63, 3.8) is 0 Å². The molecular weight excluding hydrogens is 568 g/mol. The third kappa shape index (κ3) is 11.6. The molecule has 13 heteroatoms. The number of benzene rings is 2. The number of ether oxygens (including phenoxy) is 2. The number of alkyl halides is 1. The van der Waals surface area contributed by atoms with E-state index in [9.17, 15) is 29.8 Å². The van der Waals surface area contributed by atoms with Crippen LogP contribution in [0.3, 0.4) is 0 Å². The minimum atomic E-state index is -0.434. The van der Waals surface area contributed by atoms with Crippen LogP contribution in [0, 0.1) is 32.1 Å². The largest absolute Gasteiger partial charge is 0.466 e. The number of carbonyl (C=O) groups excluding carboxylic acids is 2. The van der Waals surface area contributed by atoms with Crippen LogP contribution in [0.5, 0.6) is 0 Å². The van der Waals surface area contributed by atoms with Crippen LogP contribution in [0.1, 0.15) is 45.1 Å². The van der Waals surface area contributed by atoms with E-state index in [1.165, 1.54) is 18.2 Å². The van der Waals surface area contributed by atoms with Gasteiger partial charge in [-0.1, -0.05) is 18.2 Å². The van der Waals surface area contributed by atoms with Gasteiger partial charge in [0.25, 0.3) is 11.4 Å². The van der Waals surface area contributed by atoms with Crippen molar-refractivity contribution in [1.29, 1.82) is 0 Å². The number of hydrogen-bond donors (Lipinski definition) is 1. The van der Waals surface area contributed by atoms with Crippen LogP contribution in [0.25, 0.3) is 0 Å². The molecule has 0 atom stereocenters. The number of anilines is 1. The highest BCUT2D eigenvalue weighted by atomic mass is 35.5. The molecule has 1 N–H and O–H groups in total. The van der Waals surface area contributed by atoms with Crippen molar-refractivity contribution in [3.8, 4) is 0 Å². The normalized spacial score (nSPS) is 15.3. The fourth-order valence-corrected chi connectivity index (χ4v) is 4.67. The number of rotatable bonds is 8. The average Bonchev–Trinajstić information content (AvgIpc) is 3.02. The Morgan fingerprint density at radius 2 is 1.36 bits per heavy atom. The van der Waals surface area contributed by atoms with Crippen molar-refractivity contribution >= 4 is 40.6 Å². The van der Waals surface area contributed by atoms with Crippen molar-refractivity contribution in [2.75, 3.05) is 44.3 Å². The van der Waals surface area contributed by atoms with Crippen molar-refractivity contribution in [1.82, 2.24) is 5.32 Å². The summed E-state index contributed by atoms with van der Waals surface area (Å²) < 4.78 is 9.94. The summed E-state index contributed by atoms with van der Waals surface area (Å²) >= 11 is 5.48. The Kier molecular flexibility index (Phi) is 15.3. The number of nitro groups is 2. The molecule has 2 heterocycles. The predicted octanol–water partition coefficient (Wildman–Crippen LogP) is 5.26. The van der Waals surface area contributed by atoms with Gasteiger partial charge in [0.05, 0.1) is 34.9 Å². The standard InChI is InChI=1S/C14H18N2O4.C8H15NO2.C7H6ClNO2/c1-2-20-14(17)11-6-8-15(9-7-11)12-4-3-5-13(10-12)16(18)19;1-2-11-8(10)7-3-5-9-6-4-7;8-5-6-2-1-3-7(4-6)9(10)11/h3-5,10-11H,2,6-9H2,1H3;7,9H,2-6H2,1H3;1-4H,5H2. The summed E-state index contributed by atoms with van der Waals surface area (Å²) in [4.78, 5) is 45.1. The van der Waals surface area contributed by atoms with Crippen LogP contribution in [0.15, 0.2) is 48.5 Å². The zero-order valence-corrected chi connectivity index (χ0v) is 24.8. The molecule has 0 saturated carbocycles. The fourth-order valence-electron chi connectivity index (χ4n) is 4.51. The van der Waals surface area contributed by atoms with Gasteiger partial charge in [0.2, 0.25) is 0 Å². The topological polar surface area (TPSA) is 154 Å². The molecular formula is C29H39ClN4O8. The molecule has 0 aromatic heterocycles. The highest BCUT2D eigenvalue weighted by Crippen LogP contribution is 2.26. The van der Waals surface area contributed by atoms with E-state index in [-0.39, 0.29) is 35.1 Å². The second kappa shape index (κ2) is 18.6. The lowest BCUT2D eigenvalue weighted by Crippen LogP contribution is -2.36. The Balaban J connectivity index is 0.000000239. The van der Waals surface area contributed by atoms with Crippen LogP contribution < -0.4 is 10.2 Å². The van der Waals surface area contributed by atoms with Gasteiger partial charge >= 0.3 is 11.9 Å². The van der Waals surface area contributed by atoms with Crippen molar-refractivity contribution in [2.24, 2.45) is 11.8 Å². The monoisotopic (exact) mass is 606 g/mol. The van der Waals surface area contributed by atoms with Crippen LogP contribution in [-0.2, 0) is 24.9 Å². The molecule has 0 bridgehead atoms. The average molecular weight is 607 g/mol. The Hall–Kier alpha value is -3.77. The predicted molar refractivity (Wildman–Crippen MR) is 160 cm³/mol. The van der Waals surface area contributed by atoms with Crippen LogP contribution >= 0.6 is 11.6 Å². The van der Waals surface area contributed by atoms with Crippen LogP contribution in [-0.4, -0.2) is 61.2 Å². The highest BCUT2D eigenvalue weighted by molar-refractivity contribution is 6.17. The lowest BCUT2D eigenvalue weighted by Gasteiger charge is -2.32. The van der Waals surface area contributed by atoms with Gasteiger partial charge in [-0.15, -0.1) is 11.6 Å². The van der Waals surface area contributed by atoms with Crippen LogP contribution in [0.2, 0.25) is 0 Å². The highest BCUT2D eigenvalue weighted by Gasteiger charge is 2.26. The molecule has 2 aliphatic rings. The minimum absolute atomic E-state index is 0.0194. The molecule has 2 saturated heterocycles. The van der Waals surface area contributed by atoms with E-state index in [4.69, 9.17) is 21.1 Å². The molecule has 0 spiro atoms. The smallest absolute Gasteiger partial charge is 0.309 e. The van der Waals surface area contributed by atoms with E-state index in [1.54, 1.807) is 31.2 Å². The summed E-state index contributed by atoms with van der Waals surface area (Å²) in [6.07, 6.45) is 3.31. The van der Waals surface area contributed by atoms with E-state index >= 15 is 0 Å². The maximum atomic E-state index is 11.7. The number of carbonyl (C=O) groups is 2. The number of halogens is 1. The maximum Gasteiger partial charge on any atom is 0.309 e. The molecule has 0 unspecified atom stereocenters. The first kappa shape index (κ1) is 34.4. The lowest BCUT2D eigenvalue weighted by molar-refractivity contribution is -0.385. The maximum absolute atomic E-state index is 11.7. The molecule has 2 aromatic carbocycles. The summed E-state index contributed by atoms with van der Waals surface area (Å²) in [5.41, 5.74) is 1.78. The van der Waals surface area contributed by atoms with Crippen molar-refractivity contribution in [2.45, 2.75) is 45.4 Å².